The Hall–Kier alpha value is -6.42. The third-order valence-corrected chi connectivity index (χ3v) is 11.0. The number of nitrogens with one attached hydrogen (secondary N) is 3. The third kappa shape index (κ3) is 23.0. The van der Waals surface area contributed by atoms with Crippen LogP contribution in [0.5, 0.6) is 0 Å². The lowest BCUT2D eigenvalue weighted by molar-refractivity contribution is -0.195. The van der Waals surface area contributed by atoms with Crippen LogP contribution in [0.2, 0.25) is 0 Å². The second kappa shape index (κ2) is 30.1. The molecule has 0 fully saturated rings. The molecule has 0 aliphatic heterocycles. The van der Waals surface area contributed by atoms with E-state index in [4.69, 9.17) is 15.4 Å². The summed E-state index contributed by atoms with van der Waals surface area (Å²) in [6.45, 7) is 14.9. The molecule has 0 aliphatic rings. The Balaban J connectivity index is 0.000000407. The van der Waals surface area contributed by atoms with E-state index in [1.807, 2.05) is 163 Å². The normalized spacial score (nSPS) is 12.7. The van der Waals surface area contributed by atoms with Gasteiger partial charge >= 0.3 is 5.97 Å². The van der Waals surface area contributed by atoms with Gasteiger partial charge in [0.15, 0.2) is 0 Å². The Morgan fingerprint density at radius 1 is 0.536 bits per heavy atom. The number of hydroxylamine groups is 4. The Kier molecular flexibility index (Phi) is 25.7. The van der Waals surface area contributed by atoms with E-state index in [1.165, 1.54) is 18.9 Å². The maximum absolute atomic E-state index is 13.4. The van der Waals surface area contributed by atoms with Crippen molar-refractivity contribution in [3.63, 3.8) is 0 Å². The lowest BCUT2D eigenvalue weighted by Crippen LogP contribution is -2.55. The first-order valence-electron chi connectivity index (χ1n) is 23.3. The first kappa shape index (κ1) is 58.7. The van der Waals surface area contributed by atoms with Crippen molar-refractivity contribution >= 4 is 35.5 Å². The molecule has 0 aliphatic carbocycles. The Morgan fingerprint density at radius 2 is 0.884 bits per heavy atom. The van der Waals surface area contributed by atoms with Crippen molar-refractivity contribution < 1.29 is 43.5 Å². The lowest BCUT2D eigenvalue weighted by Gasteiger charge is -2.32. The number of hydrogen-bond donors (Lipinski definition) is 5. The molecular weight excluding hydrogens is 877 g/mol. The Morgan fingerprint density at radius 3 is 1.19 bits per heavy atom. The van der Waals surface area contributed by atoms with Crippen LogP contribution >= 0.6 is 0 Å². The summed E-state index contributed by atoms with van der Waals surface area (Å²) in [7, 11) is 3.14. The predicted molar refractivity (Wildman–Crippen MR) is 268 cm³/mol. The van der Waals surface area contributed by atoms with Gasteiger partial charge in [-0.25, -0.2) is 10.1 Å². The standard InChI is InChI=1S/C27H37N3O4.C20H23NO4.C7H16N2O/c1-20(31)30(34-19-22-14-10-7-11-15-22)18-23(17-16-21-12-8-6-9-13-21)25(32)29-24(26(33)28-5)27(2,3)4;1-16(22)21(25-15-18-10-6-3-7-11-18)14-19(20(23)24)13-12-17-8-4-2-5-9-17;1-7(2,3)5(8)6(10)9-4/h6-15,23-24H,16-19H2,1-5H3,(H,28,33)(H,29,32);2-11,19H,12-15H2,1H3,(H,23,24);5H,8H2,1-4H3,(H,9,10)/t23-,24-;;5-/m1.1/s1. The number of nitrogens with two attached hydrogens (primary N) is 1. The molecule has 376 valence electrons. The fourth-order valence-corrected chi connectivity index (χ4v) is 6.60. The van der Waals surface area contributed by atoms with E-state index >= 15 is 0 Å². The number of nitrogens with zero attached hydrogens (tertiary/aromatic N) is 2. The number of likely N-dealkylation sites (N-methyl/N-ethyl adjacent to an activating group) is 2. The number of carboxylic acid groups (broad SMARTS) is 1. The summed E-state index contributed by atoms with van der Waals surface area (Å²) in [4.78, 5) is 83.8. The van der Waals surface area contributed by atoms with Crippen LogP contribution in [-0.2, 0) is 64.5 Å². The molecule has 4 aromatic rings. The van der Waals surface area contributed by atoms with Crippen LogP contribution in [0.1, 0.15) is 90.5 Å². The average molecular weight is 953 g/mol. The summed E-state index contributed by atoms with van der Waals surface area (Å²) < 4.78 is 0. The van der Waals surface area contributed by atoms with Crippen molar-refractivity contribution in [3.8, 4) is 0 Å². The Labute approximate surface area is 409 Å². The van der Waals surface area contributed by atoms with Crippen LogP contribution in [0.4, 0.5) is 0 Å². The van der Waals surface area contributed by atoms with Gasteiger partial charge in [-0.05, 0) is 58.8 Å². The molecule has 4 atom stereocenters. The number of aryl methyl sites for hydroxylation is 2. The van der Waals surface area contributed by atoms with Crippen molar-refractivity contribution in [2.24, 2.45) is 28.4 Å². The first-order chi connectivity index (χ1) is 32.6. The van der Waals surface area contributed by atoms with Gasteiger partial charge in [0.1, 0.15) is 19.3 Å². The number of carbonyl (C=O) groups is 6. The highest BCUT2D eigenvalue weighted by Crippen LogP contribution is 2.22. The van der Waals surface area contributed by atoms with E-state index < -0.39 is 35.3 Å². The zero-order chi connectivity index (χ0) is 51.6. The van der Waals surface area contributed by atoms with Gasteiger partial charge in [-0.2, -0.15) is 0 Å². The number of carbonyl (C=O) groups excluding carboxylic acids is 5. The van der Waals surface area contributed by atoms with Gasteiger partial charge in [-0.3, -0.25) is 38.4 Å². The van der Waals surface area contributed by atoms with Crippen LogP contribution in [-0.4, -0.2) is 90.0 Å². The highest BCUT2D eigenvalue weighted by molar-refractivity contribution is 5.89. The number of rotatable bonds is 21. The summed E-state index contributed by atoms with van der Waals surface area (Å²) in [6, 6.07) is 37.4. The van der Waals surface area contributed by atoms with Crippen molar-refractivity contribution in [2.75, 3.05) is 27.2 Å². The molecule has 6 N–H and O–H groups in total. The molecule has 0 spiro atoms. The SMILES string of the molecule is CC(=O)N(CC(CCc1ccccc1)C(=O)O)OCc1ccccc1.CNC(=O)[C@@H](N)C(C)(C)C.CNC(=O)[C@@H](NC(=O)[C@H](CCc1ccccc1)CN(OCc1ccccc1)C(C)=O)C(C)(C)C. The minimum absolute atomic E-state index is 0.0321. The van der Waals surface area contributed by atoms with Crippen LogP contribution in [0.3, 0.4) is 0 Å². The first-order valence-corrected chi connectivity index (χ1v) is 23.3. The van der Waals surface area contributed by atoms with Gasteiger partial charge in [-0.15, -0.1) is 0 Å². The van der Waals surface area contributed by atoms with Crippen molar-refractivity contribution in [3.05, 3.63) is 144 Å². The smallest absolute Gasteiger partial charge is 0.308 e. The molecule has 4 aromatic carbocycles. The maximum atomic E-state index is 13.4. The summed E-state index contributed by atoms with van der Waals surface area (Å²) in [5.74, 6) is -3.40. The summed E-state index contributed by atoms with van der Waals surface area (Å²) in [6.07, 6.45) is 2.24. The summed E-state index contributed by atoms with van der Waals surface area (Å²) in [5, 5.41) is 19.9. The van der Waals surface area contributed by atoms with Gasteiger partial charge in [0.05, 0.1) is 31.0 Å². The number of hydrogen-bond acceptors (Lipinski definition) is 9. The molecule has 0 radical (unpaired) electrons. The lowest BCUT2D eigenvalue weighted by atomic mass is 9.85. The van der Waals surface area contributed by atoms with Gasteiger partial charge in [0.2, 0.25) is 29.5 Å². The fraction of sp³-hybridized carbons (Fsp3) is 0.444. The molecule has 15 nitrogen and oxygen atoms in total. The van der Waals surface area contributed by atoms with E-state index in [-0.39, 0.29) is 61.3 Å². The van der Waals surface area contributed by atoms with E-state index in [2.05, 4.69) is 16.0 Å². The topological polar surface area (TPSA) is 210 Å². The molecule has 1 unspecified atom stereocenters. The number of carboxylic acids is 1. The average Bonchev–Trinajstić information content (AvgIpc) is 3.32. The van der Waals surface area contributed by atoms with Gasteiger partial charge in [0, 0.05) is 27.9 Å². The second-order valence-electron chi connectivity index (χ2n) is 18.8. The zero-order valence-electron chi connectivity index (χ0n) is 42.2. The largest absolute Gasteiger partial charge is 0.481 e. The van der Waals surface area contributed by atoms with Crippen molar-refractivity contribution in [1.82, 2.24) is 26.1 Å². The monoisotopic (exact) mass is 953 g/mol. The van der Waals surface area contributed by atoms with E-state index in [1.54, 1.807) is 14.1 Å². The van der Waals surface area contributed by atoms with Crippen LogP contribution in [0, 0.1) is 22.7 Å². The highest BCUT2D eigenvalue weighted by Gasteiger charge is 2.35. The van der Waals surface area contributed by atoms with Crippen LogP contribution in [0.15, 0.2) is 121 Å². The predicted octanol–water partition coefficient (Wildman–Crippen LogP) is 6.90. The second-order valence-corrected chi connectivity index (χ2v) is 18.8. The van der Waals surface area contributed by atoms with Gasteiger partial charge in [-0.1, -0.05) is 163 Å². The van der Waals surface area contributed by atoms with Crippen molar-refractivity contribution in [2.45, 2.75) is 106 Å². The molecule has 0 bridgehead atoms. The van der Waals surface area contributed by atoms with E-state index in [0.29, 0.717) is 25.7 Å². The molecule has 5 amide bonds. The van der Waals surface area contributed by atoms with E-state index in [0.717, 1.165) is 27.3 Å². The van der Waals surface area contributed by atoms with E-state index in [9.17, 15) is 33.9 Å². The molecule has 0 saturated heterocycles. The molecule has 0 heterocycles. The van der Waals surface area contributed by atoms with Gasteiger partial charge in [0.25, 0.3) is 0 Å². The molecule has 0 aromatic heterocycles. The molecular formula is C54H76N6O9. The third-order valence-electron chi connectivity index (χ3n) is 11.0. The molecule has 15 heteroatoms. The molecule has 4 rings (SSSR count). The number of benzene rings is 4. The summed E-state index contributed by atoms with van der Waals surface area (Å²) >= 11 is 0. The zero-order valence-corrected chi connectivity index (χ0v) is 42.2. The van der Waals surface area contributed by atoms with Gasteiger partial charge < -0.3 is 26.8 Å². The minimum Gasteiger partial charge on any atom is -0.481 e. The number of aliphatic carboxylic acids is 1. The Bertz CT molecular complexity index is 2090. The fourth-order valence-electron chi connectivity index (χ4n) is 6.60. The minimum atomic E-state index is -0.925. The number of amides is 5. The summed E-state index contributed by atoms with van der Waals surface area (Å²) in [5.41, 5.74) is 8.97. The molecule has 69 heavy (non-hydrogen) atoms. The highest BCUT2D eigenvalue weighted by atomic mass is 16.7. The van der Waals surface area contributed by atoms with Crippen LogP contribution < -0.4 is 21.7 Å². The van der Waals surface area contributed by atoms with Crippen molar-refractivity contribution in [1.29, 1.82) is 0 Å². The molecule has 0 saturated carbocycles. The quantitative estimate of drug-likeness (QED) is 0.0546. The maximum Gasteiger partial charge on any atom is 0.308 e. The van der Waals surface area contributed by atoms with Crippen LogP contribution in [0.25, 0.3) is 0 Å².